The number of piperidine rings is 1. The lowest BCUT2D eigenvalue weighted by Crippen LogP contribution is -2.48. The summed E-state index contributed by atoms with van der Waals surface area (Å²) < 4.78 is 24.8. The Balaban J connectivity index is 0.00000306. The first-order valence-electron chi connectivity index (χ1n) is 11.1. The minimum absolute atomic E-state index is 0. The van der Waals surface area contributed by atoms with Crippen molar-refractivity contribution in [2.24, 2.45) is 4.99 Å². The van der Waals surface area contributed by atoms with Crippen LogP contribution in [0.2, 0.25) is 0 Å². The number of fused-ring (bicyclic) bond motifs is 1. The number of nitrogens with one attached hydrogen (secondary N) is 2. The molecule has 2 N–H and O–H groups in total. The number of nitrogens with zero attached hydrogens (tertiary/aromatic N) is 2. The lowest BCUT2D eigenvalue weighted by molar-refractivity contribution is 0.198. The number of aliphatic imine (C=N–C) groups is 1. The fraction of sp³-hybridized carbons (Fsp3) is 0.400. The first kappa shape index (κ1) is 25.3. The minimum atomic E-state index is -0.306. The van der Waals surface area contributed by atoms with E-state index in [-0.39, 0.29) is 35.5 Å². The number of para-hydroxylation sites is 1. The van der Waals surface area contributed by atoms with Gasteiger partial charge in [0.1, 0.15) is 11.3 Å². The van der Waals surface area contributed by atoms with Crippen LogP contribution in [0.15, 0.2) is 57.9 Å². The van der Waals surface area contributed by atoms with Crippen LogP contribution >= 0.6 is 24.0 Å². The van der Waals surface area contributed by atoms with Gasteiger partial charge in [-0.25, -0.2) is 4.39 Å². The first-order valence-corrected chi connectivity index (χ1v) is 11.1. The molecule has 1 saturated heterocycles. The van der Waals surface area contributed by atoms with Crippen molar-refractivity contribution < 1.29 is 13.5 Å². The predicted octanol–water partition coefficient (Wildman–Crippen LogP) is 4.57. The van der Waals surface area contributed by atoms with E-state index in [4.69, 9.17) is 9.15 Å². The molecule has 1 aromatic heterocycles. The molecule has 1 fully saturated rings. The monoisotopic (exact) mass is 566 g/mol. The Labute approximate surface area is 211 Å². The number of benzene rings is 2. The van der Waals surface area contributed by atoms with Crippen molar-refractivity contribution in [2.75, 3.05) is 33.8 Å². The van der Waals surface area contributed by atoms with E-state index in [1.165, 1.54) is 7.11 Å². The van der Waals surface area contributed by atoms with Gasteiger partial charge in [-0.2, -0.15) is 0 Å². The molecular formula is C25H32FIN4O2. The Bertz CT molecular complexity index is 1030. The lowest BCUT2D eigenvalue weighted by Gasteiger charge is -2.33. The number of likely N-dealkylation sites (tertiary alicyclic amines) is 1. The molecule has 8 heteroatoms. The molecule has 1 aliphatic rings. The number of hydrogen-bond donors (Lipinski definition) is 2. The number of guanidine groups is 1. The maximum absolute atomic E-state index is 13.9. The maximum atomic E-state index is 13.9. The summed E-state index contributed by atoms with van der Waals surface area (Å²) in [6.07, 6.45) is 2.83. The quantitative estimate of drug-likeness (QED) is 0.249. The zero-order valence-electron chi connectivity index (χ0n) is 19.1. The van der Waals surface area contributed by atoms with Gasteiger partial charge in [0.2, 0.25) is 0 Å². The smallest absolute Gasteiger partial charge is 0.191 e. The molecular weight excluding hydrogens is 534 g/mol. The second-order valence-corrected chi connectivity index (χ2v) is 8.16. The average molecular weight is 566 g/mol. The molecule has 1 aliphatic heterocycles. The Kier molecular flexibility index (Phi) is 9.37. The summed E-state index contributed by atoms with van der Waals surface area (Å²) in [7, 11) is 3.28. The second-order valence-electron chi connectivity index (χ2n) is 8.16. The van der Waals surface area contributed by atoms with Crippen molar-refractivity contribution in [1.29, 1.82) is 0 Å². The molecule has 33 heavy (non-hydrogen) atoms. The molecule has 2 aromatic carbocycles. The van der Waals surface area contributed by atoms with E-state index in [0.29, 0.717) is 6.04 Å². The molecule has 0 amide bonds. The Morgan fingerprint density at radius 3 is 2.67 bits per heavy atom. The fourth-order valence-electron chi connectivity index (χ4n) is 4.15. The van der Waals surface area contributed by atoms with E-state index in [9.17, 15) is 4.39 Å². The lowest BCUT2D eigenvalue weighted by atomic mass is 10.0. The van der Waals surface area contributed by atoms with Crippen molar-refractivity contribution in [3.8, 4) is 5.75 Å². The van der Waals surface area contributed by atoms with Crippen LogP contribution in [0.3, 0.4) is 0 Å². The number of methoxy groups -OCH3 is 1. The highest BCUT2D eigenvalue weighted by Gasteiger charge is 2.20. The zero-order chi connectivity index (χ0) is 22.3. The third kappa shape index (κ3) is 6.83. The largest absolute Gasteiger partial charge is 0.494 e. The number of hydrogen-bond acceptors (Lipinski definition) is 4. The molecule has 2 heterocycles. The van der Waals surface area contributed by atoms with Crippen molar-refractivity contribution in [2.45, 2.75) is 31.8 Å². The Morgan fingerprint density at radius 1 is 1.18 bits per heavy atom. The van der Waals surface area contributed by atoms with Gasteiger partial charge >= 0.3 is 0 Å². The van der Waals surface area contributed by atoms with Crippen LogP contribution < -0.4 is 15.4 Å². The zero-order valence-corrected chi connectivity index (χ0v) is 21.5. The second kappa shape index (κ2) is 12.2. The molecule has 6 nitrogen and oxygen atoms in total. The van der Waals surface area contributed by atoms with Crippen LogP contribution in [0.25, 0.3) is 11.0 Å². The summed E-state index contributed by atoms with van der Waals surface area (Å²) in [6.45, 7) is 3.42. The topological polar surface area (TPSA) is 62.0 Å². The van der Waals surface area contributed by atoms with E-state index in [2.05, 4.69) is 32.7 Å². The van der Waals surface area contributed by atoms with Gasteiger partial charge in [-0.05, 0) is 42.7 Å². The summed E-state index contributed by atoms with van der Waals surface area (Å²) in [4.78, 5) is 6.72. The third-order valence-electron chi connectivity index (χ3n) is 5.91. The average Bonchev–Trinajstić information content (AvgIpc) is 3.22. The number of ether oxygens (including phenoxy) is 1. The van der Waals surface area contributed by atoms with E-state index in [1.807, 2.05) is 24.3 Å². The van der Waals surface area contributed by atoms with E-state index >= 15 is 0 Å². The van der Waals surface area contributed by atoms with Crippen LogP contribution in [-0.4, -0.2) is 50.7 Å². The van der Waals surface area contributed by atoms with Gasteiger partial charge in [0.25, 0.3) is 0 Å². The van der Waals surface area contributed by atoms with Crippen LogP contribution in [0.1, 0.15) is 24.2 Å². The normalized spacial score (nSPS) is 15.3. The molecule has 0 unspecified atom stereocenters. The summed E-state index contributed by atoms with van der Waals surface area (Å²) in [5.74, 6) is 1.77. The van der Waals surface area contributed by atoms with Crippen LogP contribution in [0, 0.1) is 5.82 Å². The highest BCUT2D eigenvalue weighted by Crippen LogP contribution is 2.21. The van der Waals surface area contributed by atoms with Crippen molar-refractivity contribution in [3.05, 3.63) is 65.7 Å². The first-order chi connectivity index (χ1) is 15.6. The van der Waals surface area contributed by atoms with E-state index < -0.39 is 0 Å². The van der Waals surface area contributed by atoms with Crippen molar-refractivity contribution in [1.82, 2.24) is 15.5 Å². The highest BCUT2D eigenvalue weighted by molar-refractivity contribution is 14.0. The summed E-state index contributed by atoms with van der Waals surface area (Å²) in [5, 5.41) is 8.06. The summed E-state index contributed by atoms with van der Waals surface area (Å²) in [6, 6.07) is 15.7. The van der Waals surface area contributed by atoms with Crippen LogP contribution in [0.5, 0.6) is 5.75 Å². The van der Waals surface area contributed by atoms with Gasteiger partial charge in [0, 0.05) is 51.1 Å². The van der Waals surface area contributed by atoms with Crippen molar-refractivity contribution in [3.63, 3.8) is 0 Å². The molecule has 0 atom stereocenters. The third-order valence-corrected chi connectivity index (χ3v) is 5.91. The standard InChI is InChI=1S/C25H31FN4O2.HI/c1-27-25(28-12-9-21-16-19-5-3-4-6-23(19)32-21)29-20-10-13-30(14-11-20)17-18-7-8-24(31-2)22(26)15-18;/h3-8,15-16,20H,9-14,17H2,1-2H3,(H2,27,28,29);1H. The number of furan rings is 1. The molecule has 4 rings (SSSR count). The van der Waals surface area contributed by atoms with E-state index in [1.54, 1.807) is 19.2 Å². The van der Waals surface area contributed by atoms with Crippen LogP contribution in [-0.2, 0) is 13.0 Å². The Morgan fingerprint density at radius 2 is 1.97 bits per heavy atom. The van der Waals surface area contributed by atoms with E-state index in [0.717, 1.165) is 73.7 Å². The number of rotatable bonds is 7. The van der Waals surface area contributed by atoms with Gasteiger partial charge < -0.3 is 19.8 Å². The van der Waals surface area contributed by atoms with Gasteiger partial charge in [0.05, 0.1) is 7.11 Å². The van der Waals surface area contributed by atoms with Gasteiger partial charge in [-0.3, -0.25) is 9.89 Å². The van der Waals surface area contributed by atoms with Crippen molar-refractivity contribution >= 4 is 40.9 Å². The van der Waals surface area contributed by atoms with Gasteiger partial charge in [0.15, 0.2) is 17.5 Å². The molecule has 178 valence electrons. The fourth-order valence-corrected chi connectivity index (χ4v) is 4.15. The highest BCUT2D eigenvalue weighted by atomic mass is 127. The molecule has 0 spiro atoms. The molecule has 0 bridgehead atoms. The maximum Gasteiger partial charge on any atom is 0.191 e. The minimum Gasteiger partial charge on any atom is -0.494 e. The molecule has 0 radical (unpaired) electrons. The summed E-state index contributed by atoms with van der Waals surface area (Å²) >= 11 is 0. The predicted molar refractivity (Wildman–Crippen MR) is 141 cm³/mol. The summed E-state index contributed by atoms with van der Waals surface area (Å²) in [5.41, 5.74) is 1.90. The molecule has 0 aliphatic carbocycles. The van der Waals surface area contributed by atoms with Crippen LogP contribution in [0.4, 0.5) is 4.39 Å². The van der Waals surface area contributed by atoms with Gasteiger partial charge in [-0.15, -0.1) is 24.0 Å². The number of halogens is 2. The Hall–Kier alpha value is -2.33. The molecule has 0 saturated carbocycles. The van der Waals surface area contributed by atoms with Gasteiger partial charge in [-0.1, -0.05) is 24.3 Å². The SMILES string of the molecule is CN=C(NCCc1cc2ccccc2o1)NC1CCN(Cc2ccc(OC)c(F)c2)CC1.I. The molecule has 3 aromatic rings.